The third-order valence-corrected chi connectivity index (χ3v) is 5.99. The SMILES string of the molecule is C[C@@]12C[C@@H](c3ccccc3O1)[C@@H](C(N)=O)C(=O)N2CCOc1ccc2c(c1)OCO2. The first kappa shape index (κ1) is 18.6. The van der Waals surface area contributed by atoms with Gasteiger partial charge in [0.15, 0.2) is 17.2 Å². The van der Waals surface area contributed by atoms with E-state index in [-0.39, 0.29) is 31.8 Å². The van der Waals surface area contributed by atoms with Crippen LogP contribution >= 0.6 is 0 Å². The molecule has 30 heavy (non-hydrogen) atoms. The molecule has 2 aromatic carbocycles. The van der Waals surface area contributed by atoms with Crippen LogP contribution in [0.2, 0.25) is 0 Å². The number of benzene rings is 2. The Morgan fingerprint density at radius 1 is 1.20 bits per heavy atom. The number of hydrogen-bond donors (Lipinski definition) is 1. The Kier molecular flexibility index (Phi) is 4.23. The van der Waals surface area contributed by atoms with E-state index < -0.39 is 17.6 Å². The summed E-state index contributed by atoms with van der Waals surface area (Å²) < 4.78 is 22.7. The van der Waals surface area contributed by atoms with Gasteiger partial charge in [0.25, 0.3) is 0 Å². The highest BCUT2D eigenvalue weighted by atomic mass is 16.7. The molecular weight excluding hydrogens is 388 g/mol. The zero-order valence-corrected chi connectivity index (χ0v) is 16.5. The summed E-state index contributed by atoms with van der Waals surface area (Å²) in [5.41, 5.74) is 5.62. The minimum Gasteiger partial charge on any atom is -0.492 e. The lowest BCUT2D eigenvalue weighted by atomic mass is 9.73. The molecule has 0 spiro atoms. The van der Waals surface area contributed by atoms with E-state index in [1.165, 1.54) is 0 Å². The standard InChI is InChI=1S/C22H22N2O6/c1-22-11-15(14-4-2-3-5-16(14)30-22)19(20(23)25)21(26)24(22)8-9-27-13-6-7-17-18(10-13)29-12-28-17/h2-7,10,15,19H,8-9,11-12H2,1H3,(H2,23,25)/t15-,19-,22-/m0/s1. The van der Waals surface area contributed by atoms with Gasteiger partial charge in [0, 0.05) is 18.4 Å². The Labute approximate surface area is 173 Å². The van der Waals surface area contributed by atoms with E-state index in [1.807, 2.05) is 31.2 Å². The van der Waals surface area contributed by atoms with Crippen molar-refractivity contribution in [3.8, 4) is 23.0 Å². The largest absolute Gasteiger partial charge is 0.492 e. The van der Waals surface area contributed by atoms with Crippen molar-refractivity contribution in [3.63, 3.8) is 0 Å². The average molecular weight is 410 g/mol. The number of carbonyl (C=O) groups is 2. The first-order chi connectivity index (χ1) is 14.5. The molecule has 0 radical (unpaired) electrons. The highest BCUT2D eigenvalue weighted by Gasteiger charge is 2.55. The molecule has 0 saturated carbocycles. The molecule has 0 aliphatic carbocycles. The van der Waals surface area contributed by atoms with Gasteiger partial charge in [0.2, 0.25) is 18.6 Å². The molecule has 8 heteroatoms. The van der Waals surface area contributed by atoms with Gasteiger partial charge < -0.3 is 29.6 Å². The smallest absolute Gasteiger partial charge is 0.238 e. The van der Waals surface area contributed by atoms with Crippen LogP contribution < -0.4 is 24.7 Å². The van der Waals surface area contributed by atoms with Crippen molar-refractivity contribution in [2.24, 2.45) is 11.7 Å². The maximum Gasteiger partial charge on any atom is 0.238 e. The highest BCUT2D eigenvalue weighted by Crippen LogP contribution is 2.49. The van der Waals surface area contributed by atoms with Gasteiger partial charge in [0.05, 0.1) is 6.54 Å². The zero-order chi connectivity index (χ0) is 20.9. The normalized spacial score (nSPS) is 26.0. The highest BCUT2D eigenvalue weighted by molar-refractivity contribution is 6.01. The lowest BCUT2D eigenvalue weighted by Gasteiger charge is -2.52. The molecule has 3 heterocycles. The van der Waals surface area contributed by atoms with Crippen molar-refractivity contribution in [3.05, 3.63) is 48.0 Å². The molecular formula is C22H22N2O6. The van der Waals surface area contributed by atoms with E-state index in [1.54, 1.807) is 23.1 Å². The van der Waals surface area contributed by atoms with Crippen LogP contribution in [0.15, 0.2) is 42.5 Å². The van der Waals surface area contributed by atoms with E-state index >= 15 is 0 Å². The number of hydrogen-bond acceptors (Lipinski definition) is 6. The first-order valence-electron chi connectivity index (χ1n) is 9.87. The lowest BCUT2D eigenvalue weighted by Crippen LogP contribution is -2.65. The third-order valence-electron chi connectivity index (χ3n) is 5.99. The second-order valence-corrected chi connectivity index (χ2v) is 7.86. The van der Waals surface area contributed by atoms with Crippen LogP contribution in [0.25, 0.3) is 0 Å². The fraction of sp³-hybridized carbons (Fsp3) is 0.364. The number of likely N-dealkylation sites (tertiary alicyclic amines) is 1. The predicted molar refractivity (Wildman–Crippen MR) is 105 cm³/mol. The molecule has 3 aliphatic rings. The molecule has 3 aliphatic heterocycles. The summed E-state index contributed by atoms with van der Waals surface area (Å²) in [5.74, 6) is 0.410. The summed E-state index contributed by atoms with van der Waals surface area (Å²) in [7, 11) is 0. The lowest BCUT2D eigenvalue weighted by molar-refractivity contribution is -0.176. The first-order valence-corrected chi connectivity index (χ1v) is 9.87. The van der Waals surface area contributed by atoms with Crippen LogP contribution in [0.5, 0.6) is 23.0 Å². The van der Waals surface area contributed by atoms with Crippen molar-refractivity contribution in [2.75, 3.05) is 19.9 Å². The Morgan fingerprint density at radius 3 is 2.83 bits per heavy atom. The molecule has 0 aromatic heterocycles. The van der Waals surface area contributed by atoms with Gasteiger partial charge in [0.1, 0.15) is 24.0 Å². The van der Waals surface area contributed by atoms with E-state index in [0.29, 0.717) is 29.4 Å². The summed E-state index contributed by atoms with van der Waals surface area (Å²) in [6.07, 6.45) is 0.493. The molecule has 0 unspecified atom stereocenters. The quantitative estimate of drug-likeness (QED) is 0.757. The molecule has 2 aromatic rings. The van der Waals surface area contributed by atoms with E-state index in [0.717, 1.165) is 5.56 Å². The Hall–Kier alpha value is -3.42. The number of ether oxygens (including phenoxy) is 4. The van der Waals surface area contributed by atoms with Crippen molar-refractivity contribution < 1.29 is 28.5 Å². The molecule has 5 rings (SSSR count). The molecule has 3 atom stereocenters. The number of amides is 2. The number of nitrogens with zero attached hydrogens (tertiary/aromatic N) is 1. The van der Waals surface area contributed by atoms with Gasteiger partial charge in [-0.3, -0.25) is 9.59 Å². The van der Waals surface area contributed by atoms with Gasteiger partial charge in [-0.25, -0.2) is 0 Å². The van der Waals surface area contributed by atoms with Gasteiger partial charge in [-0.15, -0.1) is 0 Å². The number of fused-ring (bicyclic) bond motifs is 5. The Morgan fingerprint density at radius 2 is 2.00 bits per heavy atom. The van der Waals surface area contributed by atoms with Crippen molar-refractivity contribution in [2.45, 2.75) is 25.0 Å². The van der Waals surface area contributed by atoms with Gasteiger partial charge in [-0.2, -0.15) is 0 Å². The number of para-hydroxylation sites is 1. The maximum absolute atomic E-state index is 13.2. The monoisotopic (exact) mass is 410 g/mol. The van der Waals surface area contributed by atoms with Crippen LogP contribution in [0, 0.1) is 5.92 Å². The van der Waals surface area contributed by atoms with Crippen molar-refractivity contribution >= 4 is 11.8 Å². The van der Waals surface area contributed by atoms with E-state index in [9.17, 15) is 9.59 Å². The number of carbonyl (C=O) groups excluding carboxylic acids is 2. The average Bonchev–Trinajstić information content (AvgIpc) is 3.18. The summed E-state index contributed by atoms with van der Waals surface area (Å²) in [6, 6.07) is 12.8. The van der Waals surface area contributed by atoms with Crippen LogP contribution in [0.1, 0.15) is 24.8 Å². The van der Waals surface area contributed by atoms with Crippen LogP contribution in [-0.2, 0) is 9.59 Å². The fourth-order valence-electron chi connectivity index (χ4n) is 4.60. The molecule has 8 nitrogen and oxygen atoms in total. The molecule has 1 saturated heterocycles. The zero-order valence-electron chi connectivity index (χ0n) is 16.5. The third kappa shape index (κ3) is 2.91. The summed E-state index contributed by atoms with van der Waals surface area (Å²) in [6.45, 7) is 2.53. The van der Waals surface area contributed by atoms with Crippen LogP contribution in [-0.4, -0.2) is 42.4 Å². The number of primary amides is 1. The molecule has 2 amide bonds. The Balaban J connectivity index is 1.37. The molecule has 1 fully saturated rings. The summed E-state index contributed by atoms with van der Waals surface area (Å²) in [5, 5.41) is 0. The van der Waals surface area contributed by atoms with Crippen LogP contribution in [0.3, 0.4) is 0 Å². The van der Waals surface area contributed by atoms with Gasteiger partial charge in [-0.1, -0.05) is 18.2 Å². The van der Waals surface area contributed by atoms with Crippen molar-refractivity contribution in [1.29, 1.82) is 0 Å². The number of rotatable bonds is 5. The minimum atomic E-state index is -0.923. The van der Waals surface area contributed by atoms with Gasteiger partial charge >= 0.3 is 0 Å². The minimum absolute atomic E-state index is 0.188. The van der Waals surface area contributed by atoms with Gasteiger partial charge in [-0.05, 0) is 30.7 Å². The Bertz CT molecular complexity index is 1020. The number of piperidine rings is 1. The second kappa shape index (κ2) is 6.83. The predicted octanol–water partition coefficient (Wildman–Crippen LogP) is 2.02. The summed E-state index contributed by atoms with van der Waals surface area (Å²) >= 11 is 0. The molecule has 2 bridgehead atoms. The van der Waals surface area contributed by atoms with E-state index in [2.05, 4.69) is 0 Å². The molecule has 156 valence electrons. The fourth-order valence-corrected chi connectivity index (χ4v) is 4.60. The van der Waals surface area contributed by atoms with Crippen molar-refractivity contribution in [1.82, 2.24) is 4.90 Å². The maximum atomic E-state index is 13.2. The van der Waals surface area contributed by atoms with E-state index in [4.69, 9.17) is 24.7 Å². The molecule has 2 N–H and O–H groups in total. The topological polar surface area (TPSA) is 100 Å². The summed E-state index contributed by atoms with van der Waals surface area (Å²) in [4.78, 5) is 27.0. The second-order valence-electron chi connectivity index (χ2n) is 7.86. The number of nitrogens with two attached hydrogens (primary N) is 1. The van der Waals surface area contributed by atoms with Crippen LogP contribution in [0.4, 0.5) is 0 Å².